The van der Waals surface area contributed by atoms with Crippen molar-refractivity contribution in [2.24, 2.45) is 0 Å². The average Bonchev–Trinajstić information content (AvgIpc) is 3.01. The van der Waals surface area contributed by atoms with Crippen LogP contribution in [-0.2, 0) is 11.0 Å². The molecule has 2 unspecified atom stereocenters. The molecule has 39 heavy (non-hydrogen) atoms. The SMILES string of the molecule is C=C(/C=C\c1c(C)c2c(c3ccccc13)CCC=C2)C1=CCC(P(=O)(C2=CCCC=C2)c2ccccc2)C=C1. The summed E-state index contributed by atoms with van der Waals surface area (Å²) in [7, 11) is -2.80. The monoisotopic (exact) mass is 526 g/mol. The van der Waals surface area contributed by atoms with E-state index in [4.69, 9.17) is 0 Å². The van der Waals surface area contributed by atoms with Gasteiger partial charge in [-0.3, -0.25) is 0 Å². The lowest BCUT2D eigenvalue weighted by atomic mass is 9.85. The van der Waals surface area contributed by atoms with Crippen molar-refractivity contribution in [3.63, 3.8) is 0 Å². The summed E-state index contributed by atoms with van der Waals surface area (Å²) in [6.07, 6.45) is 26.8. The van der Waals surface area contributed by atoms with Crippen molar-refractivity contribution in [2.45, 2.75) is 44.7 Å². The van der Waals surface area contributed by atoms with Crippen molar-refractivity contribution in [1.29, 1.82) is 0 Å². The Morgan fingerprint density at radius 1 is 0.897 bits per heavy atom. The van der Waals surface area contributed by atoms with Crippen LogP contribution in [0.3, 0.4) is 0 Å². The molecule has 0 N–H and O–H groups in total. The van der Waals surface area contributed by atoms with E-state index in [1.165, 1.54) is 33.0 Å². The van der Waals surface area contributed by atoms with Crippen LogP contribution in [0.25, 0.3) is 22.9 Å². The molecule has 0 heterocycles. The molecule has 0 fully saturated rings. The molecule has 3 aliphatic rings. The highest BCUT2D eigenvalue weighted by Gasteiger charge is 2.36. The minimum absolute atomic E-state index is 0.0481. The van der Waals surface area contributed by atoms with Gasteiger partial charge in [0.1, 0.15) is 7.14 Å². The van der Waals surface area contributed by atoms with Gasteiger partial charge in [0.2, 0.25) is 0 Å². The van der Waals surface area contributed by atoms with Gasteiger partial charge in [0.25, 0.3) is 0 Å². The summed E-state index contributed by atoms with van der Waals surface area (Å²) in [5.74, 6) is 0. The van der Waals surface area contributed by atoms with Crippen LogP contribution in [0.5, 0.6) is 0 Å². The zero-order valence-electron chi connectivity index (χ0n) is 22.6. The summed E-state index contributed by atoms with van der Waals surface area (Å²) in [4.78, 5) is 0. The molecule has 3 aromatic carbocycles. The minimum Gasteiger partial charge on any atom is -0.313 e. The fraction of sp³-hybridized carbons (Fsp3) is 0.189. The first-order chi connectivity index (χ1) is 19.1. The number of allylic oxidation sites excluding steroid dienone is 11. The van der Waals surface area contributed by atoms with Crippen LogP contribution in [0, 0.1) is 6.92 Å². The van der Waals surface area contributed by atoms with Crippen LogP contribution >= 0.6 is 7.14 Å². The third kappa shape index (κ3) is 4.70. The Morgan fingerprint density at radius 2 is 1.67 bits per heavy atom. The zero-order valence-corrected chi connectivity index (χ0v) is 23.5. The summed E-state index contributed by atoms with van der Waals surface area (Å²) < 4.78 is 14.7. The second-order valence-electron chi connectivity index (χ2n) is 10.7. The first kappa shape index (κ1) is 25.6. The van der Waals surface area contributed by atoms with E-state index in [0.717, 1.165) is 53.9 Å². The first-order valence-corrected chi connectivity index (χ1v) is 15.8. The van der Waals surface area contributed by atoms with Crippen LogP contribution in [0.4, 0.5) is 0 Å². The molecule has 0 bridgehead atoms. The average molecular weight is 527 g/mol. The van der Waals surface area contributed by atoms with Crippen molar-refractivity contribution in [1.82, 2.24) is 0 Å². The van der Waals surface area contributed by atoms with E-state index in [1.807, 2.05) is 30.3 Å². The Bertz CT molecular complexity index is 1670. The molecule has 0 spiro atoms. The maximum absolute atomic E-state index is 14.7. The van der Waals surface area contributed by atoms with E-state index in [0.29, 0.717) is 0 Å². The Labute approximate surface area is 232 Å². The fourth-order valence-electron chi connectivity index (χ4n) is 6.26. The third-order valence-electron chi connectivity index (χ3n) is 8.39. The van der Waals surface area contributed by atoms with Gasteiger partial charge >= 0.3 is 0 Å². The number of fused-ring (bicyclic) bond motifs is 3. The van der Waals surface area contributed by atoms with Gasteiger partial charge in [-0.05, 0) is 83.2 Å². The molecule has 0 saturated heterocycles. The minimum atomic E-state index is -2.80. The zero-order chi connectivity index (χ0) is 26.8. The second kappa shape index (κ2) is 10.8. The molecule has 0 radical (unpaired) electrons. The summed E-state index contributed by atoms with van der Waals surface area (Å²) in [6, 6.07) is 18.8. The second-order valence-corrected chi connectivity index (χ2v) is 13.7. The number of hydrogen-bond acceptors (Lipinski definition) is 1. The number of hydrogen-bond donors (Lipinski definition) is 0. The highest BCUT2D eigenvalue weighted by atomic mass is 31.2. The molecule has 2 atom stereocenters. The van der Waals surface area contributed by atoms with Gasteiger partial charge in [-0.2, -0.15) is 0 Å². The van der Waals surface area contributed by atoms with E-state index < -0.39 is 7.14 Å². The highest BCUT2D eigenvalue weighted by molar-refractivity contribution is 7.76. The Hall–Kier alpha value is -3.67. The molecule has 194 valence electrons. The fourth-order valence-corrected chi connectivity index (χ4v) is 9.40. The summed E-state index contributed by atoms with van der Waals surface area (Å²) in [5.41, 5.74) is 7.47. The van der Waals surface area contributed by atoms with Crippen LogP contribution in [0.2, 0.25) is 0 Å². The van der Waals surface area contributed by atoms with Gasteiger partial charge in [-0.1, -0.05) is 122 Å². The molecule has 1 nitrogen and oxygen atoms in total. The normalized spacial score (nSPS) is 20.0. The largest absolute Gasteiger partial charge is 0.313 e. The van der Waals surface area contributed by atoms with Crippen LogP contribution in [0.1, 0.15) is 47.9 Å². The van der Waals surface area contributed by atoms with E-state index in [9.17, 15) is 4.57 Å². The van der Waals surface area contributed by atoms with Gasteiger partial charge in [-0.15, -0.1) is 0 Å². The smallest absolute Gasteiger partial charge is 0.149 e. The number of benzene rings is 3. The lowest BCUT2D eigenvalue weighted by Gasteiger charge is -2.29. The van der Waals surface area contributed by atoms with E-state index in [-0.39, 0.29) is 5.66 Å². The number of rotatable bonds is 6. The maximum Gasteiger partial charge on any atom is 0.149 e. The van der Waals surface area contributed by atoms with Crippen LogP contribution < -0.4 is 5.30 Å². The van der Waals surface area contributed by atoms with E-state index in [1.54, 1.807) is 0 Å². The number of aryl methyl sites for hydroxylation is 1. The molecule has 6 rings (SSSR count). The summed E-state index contributed by atoms with van der Waals surface area (Å²) in [6.45, 7) is 6.65. The molecule has 0 aromatic heterocycles. The first-order valence-electron chi connectivity index (χ1n) is 14.1. The van der Waals surface area contributed by atoms with E-state index >= 15 is 0 Å². The van der Waals surface area contributed by atoms with Gasteiger partial charge in [-0.25, -0.2) is 0 Å². The van der Waals surface area contributed by atoms with Crippen LogP contribution in [-0.4, -0.2) is 5.66 Å². The Kier molecular flexibility index (Phi) is 7.11. The van der Waals surface area contributed by atoms with Crippen molar-refractivity contribution in [2.75, 3.05) is 0 Å². The van der Waals surface area contributed by atoms with Gasteiger partial charge in [0.05, 0.1) is 0 Å². The molecule has 3 aromatic rings. The molecule has 0 aliphatic heterocycles. The lowest BCUT2D eigenvalue weighted by molar-refractivity contribution is 0.580. The van der Waals surface area contributed by atoms with Gasteiger partial charge < -0.3 is 4.57 Å². The third-order valence-corrected chi connectivity index (χ3v) is 11.9. The molecule has 2 heteroatoms. The lowest BCUT2D eigenvalue weighted by Crippen LogP contribution is -2.18. The molecule has 0 amide bonds. The topological polar surface area (TPSA) is 17.1 Å². The van der Waals surface area contributed by atoms with Gasteiger partial charge in [0, 0.05) is 16.3 Å². The highest BCUT2D eigenvalue weighted by Crippen LogP contribution is 2.60. The predicted octanol–water partition coefficient (Wildman–Crippen LogP) is 9.85. The standard InChI is InChI=1S/C37H35OP/c1-27(21-26-34-28(2)33-17-9-10-18-35(33)37-20-12-11-19-36(34)37)29-22-24-32(25-23-29)39(38,30-13-5-3-6-14-30)31-15-7-4-8-16-31/h3,5-7,9,11-17,19-24,26,32H,1,4,8,10,18,25H2,2H3/b26-21-. The Morgan fingerprint density at radius 3 is 2.41 bits per heavy atom. The van der Waals surface area contributed by atoms with Crippen molar-refractivity contribution < 1.29 is 4.57 Å². The van der Waals surface area contributed by atoms with Crippen LogP contribution in [0.15, 0.2) is 126 Å². The molecular formula is C37H35OP. The van der Waals surface area contributed by atoms with Crippen molar-refractivity contribution in [3.05, 3.63) is 148 Å². The van der Waals surface area contributed by atoms with Gasteiger partial charge in [0.15, 0.2) is 0 Å². The van der Waals surface area contributed by atoms with E-state index in [2.05, 4.69) is 98.5 Å². The summed E-state index contributed by atoms with van der Waals surface area (Å²) in [5, 5.41) is 4.60. The molecular weight excluding hydrogens is 491 g/mol. The summed E-state index contributed by atoms with van der Waals surface area (Å²) >= 11 is 0. The van der Waals surface area contributed by atoms with Crippen molar-refractivity contribution in [3.8, 4) is 0 Å². The predicted molar refractivity (Wildman–Crippen MR) is 170 cm³/mol. The maximum atomic E-state index is 14.7. The quantitative estimate of drug-likeness (QED) is 0.231. The molecule has 0 saturated carbocycles. The van der Waals surface area contributed by atoms with Crippen molar-refractivity contribution >= 4 is 35.4 Å². The molecule has 3 aliphatic carbocycles. The Balaban J connectivity index is 1.28.